The summed E-state index contributed by atoms with van der Waals surface area (Å²) in [4.78, 5) is 10.9. The van der Waals surface area contributed by atoms with Crippen LogP contribution >= 0.6 is 0 Å². The summed E-state index contributed by atoms with van der Waals surface area (Å²) in [7, 11) is 0. The lowest BCUT2D eigenvalue weighted by molar-refractivity contribution is -0.143. The third-order valence-electron chi connectivity index (χ3n) is 3.29. The van der Waals surface area contributed by atoms with Gasteiger partial charge in [-0.25, -0.2) is 0 Å². The van der Waals surface area contributed by atoms with Crippen LogP contribution in [-0.4, -0.2) is 11.1 Å². The maximum Gasteiger partial charge on any atom is 0.321 e. The summed E-state index contributed by atoms with van der Waals surface area (Å²) in [6.07, 6.45) is 4.73. The van der Waals surface area contributed by atoms with E-state index in [1.54, 1.807) is 0 Å². The van der Waals surface area contributed by atoms with Crippen LogP contribution in [0.25, 0.3) is 0 Å². The van der Waals surface area contributed by atoms with E-state index in [2.05, 4.69) is 0 Å². The minimum Gasteiger partial charge on any atom is -0.480 e. The first-order valence-corrected chi connectivity index (χ1v) is 4.79. The summed E-state index contributed by atoms with van der Waals surface area (Å²) in [6.45, 7) is 1.98. The third kappa shape index (κ3) is 1.67. The van der Waals surface area contributed by atoms with Crippen molar-refractivity contribution < 1.29 is 9.90 Å². The molecule has 1 saturated carbocycles. The van der Waals surface area contributed by atoms with Crippen molar-refractivity contribution in [3.05, 3.63) is 0 Å². The molecule has 0 radical (unpaired) electrons. The lowest BCUT2D eigenvalue weighted by atomic mass is 9.72. The van der Waals surface area contributed by atoms with Crippen molar-refractivity contribution in [2.45, 2.75) is 39.0 Å². The number of rotatable bonds is 3. The van der Waals surface area contributed by atoms with Crippen LogP contribution in [-0.2, 0) is 4.79 Å². The van der Waals surface area contributed by atoms with Gasteiger partial charge in [-0.2, -0.15) is 5.26 Å². The number of nitriles is 1. The highest BCUT2D eigenvalue weighted by atomic mass is 16.4. The summed E-state index contributed by atoms with van der Waals surface area (Å²) in [5.41, 5.74) is -0.236. The first-order chi connectivity index (χ1) is 6.16. The molecule has 0 aromatic heterocycles. The van der Waals surface area contributed by atoms with E-state index >= 15 is 0 Å². The fourth-order valence-corrected chi connectivity index (χ4v) is 2.38. The first kappa shape index (κ1) is 10.0. The van der Waals surface area contributed by atoms with Gasteiger partial charge in [0.25, 0.3) is 0 Å². The summed E-state index contributed by atoms with van der Waals surface area (Å²) in [6, 6.07) is 1.94. The average Bonchev–Trinajstić information content (AvgIpc) is 2.55. The summed E-state index contributed by atoms with van der Waals surface area (Å²) in [5.74, 6) is -1.76. The van der Waals surface area contributed by atoms with Gasteiger partial charge in [-0.3, -0.25) is 4.79 Å². The van der Waals surface area contributed by atoms with E-state index in [4.69, 9.17) is 10.4 Å². The van der Waals surface area contributed by atoms with E-state index in [0.29, 0.717) is 0 Å². The lowest BCUT2D eigenvalue weighted by Crippen LogP contribution is -2.32. The largest absolute Gasteiger partial charge is 0.480 e. The molecule has 0 heterocycles. The number of nitrogens with zero attached hydrogens (tertiary/aromatic N) is 1. The van der Waals surface area contributed by atoms with Gasteiger partial charge < -0.3 is 5.11 Å². The molecule has 0 aliphatic heterocycles. The van der Waals surface area contributed by atoms with Crippen LogP contribution in [0.4, 0.5) is 0 Å². The standard InChI is InChI=1S/C10H15NO2/c1-2-10(5-3-4-6-10)8(7-11)9(12)13/h8H,2-6H2,1H3,(H,12,13). The Morgan fingerprint density at radius 1 is 1.62 bits per heavy atom. The Labute approximate surface area is 78.4 Å². The number of aliphatic carboxylic acids is 1. The second-order valence-corrected chi connectivity index (χ2v) is 3.82. The van der Waals surface area contributed by atoms with E-state index in [9.17, 15) is 4.79 Å². The lowest BCUT2D eigenvalue weighted by Gasteiger charge is -2.29. The minimum atomic E-state index is -0.953. The zero-order valence-corrected chi connectivity index (χ0v) is 7.92. The van der Waals surface area contributed by atoms with E-state index in [1.807, 2.05) is 13.0 Å². The number of hydrogen-bond acceptors (Lipinski definition) is 2. The molecule has 13 heavy (non-hydrogen) atoms. The van der Waals surface area contributed by atoms with Gasteiger partial charge in [-0.05, 0) is 24.7 Å². The highest BCUT2D eigenvalue weighted by Crippen LogP contribution is 2.46. The van der Waals surface area contributed by atoms with E-state index in [-0.39, 0.29) is 5.41 Å². The summed E-state index contributed by atoms with van der Waals surface area (Å²) >= 11 is 0. The van der Waals surface area contributed by atoms with E-state index < -0.39 is 11.9 Å². The molecule has 0 bridgehead atoms. The maximum atomic E-state index is 10.9. The van der Waals surface area contributed by atoms with Crippen molar-refractivity contribution in [1.82, 2.24) is 0 Å². The highest BCUT2D eigenvalue weighted by Gasteiger charge is 2.43. The normalized spacial score (nSPS) is 22.2. The SMILES string of the molecule is CCC1(C(C#N)C(=O)O)CCCC1. The molecule has 1 atom stereocenters. The zero-order valence-electron chi connectivity index (χ0n) is 7.92. The van der Waals surface area contributed by atoms with Crippen LogP contribution in [0.15, 0.2) is 0 Å². The molecule has 0 amide bonds. The molecule has 1 unspecified atom stereocenters. The minimum absolute atomic E-state index is 0.236. The van der Waals surface area contributed by atoms with Crippen molar-refractivity contribution in [2.75, 3.05) is 0 Å². The van der Waals surface area contributed by atoms with Gasteiger partial charge in [0.2, 0.25) is 0 Å². The number of carboxylic acid groups (broad SMARTS) is 1. The molecule has 3 nitrogen and oxygen atoms in total. The first-order valence-electron chi connectivity index (χ1n) is 4.79. The zero-order chi connectivity index (χ0) is 9.90. The average molecular weight is 181 g/mol. The molecular formula is C10H15NO2. The molecule has 3 heteroatoms. The van der Waals surface area contributed by atoms with E-state index in [1.165, 1.54) is 0 Å². The molecule has 1 fully saturated rings. The van der Waals surface area contributed by atoms with Crippen molar-refractivity contribution >= 4 is 5.97 Å². The van der Waals surface area contributed by atoms with Crippen LogP contribution in [0, 0.1) is 22.7 Å². The molecule has 1 aliphatic carbocycles. The quantitative estimate of drug-likeness (QED) is 0.725. The fraction of sp³-hybridized carbons (Fsp3) is 0.800. The topological polar surface area (TPSA) is 61.1 Å². The summed E-state index contributed by atoms with van der Waals surface area (Å²) < 4.78 is 0. The molecule has 0 aromatic carbocycles. The van der Waals surface area contributed by atoms with Gasteiger partial charge in [0.15, 0.2) is 0 Å². The Balaban J connectivity index is 2.86. The third-order valence-corrected chi connectivity index (χ3v) is 3.29. The van der Waals surface area contributed by atoms with Crippen molar-refractivity contribution in [3.8, 4) is 6.07 Å². The second kappa shape index (κ2) is 3.78. The molecule has 0 aromatic rings. The Kier molecular flexibility index (Phi) is 2.92. The maximum absolute atomic E-state index is 10.9. The fourth-order valence-electron chi connectivity index (χ4n) is 2.38. The second-order valence-electron chi connectivity index (χ2n) is 3.82. The van der Waals surface area contributed by atoms with Gasteiger partial charge in [0, 0.05) is 0 Å². The highest BCUT2D eigenvalue weighted by molar-refractivity contribution is 5.74. The molecule has 0 spiro atoms. The van der Waals surface area contributed by atoms with Crippen LogP contribution in [0.2, 0.25) is 0 Å². The number of hydrogen-bond donors (Lipinski definition) is 1. The van der Waals surface area contributed by atoms with Crippen LogP contribution in [0.1, 0.15) is 39.0 Å². The van der Waals surface area contributed by atoms with Gasteiger partial charge in [-0.15, -0.1) is 0 Å². The van der Waals surface area contributed by atoms with Gasteiger partial charge in [0.1, 0.15) is 5.92 Å². The van der Waals surface area contributed by atoms with Crippen LogP contribution < -0.4 is 0 Å². The van der Waals surface area contributed by atoms with Crippen LogP contribution in [0.5, 0.6) is 0 Å². The Hall–Kier alpha value is -1.04. The van der Waals surface area contributed by atoms with Crippen molar-refractivity contribution in [2.24, 2.45) is 11.3 Å². The Morgan fingerprint density at radius 3 is 2.46 bits per heavy atom. The molecule has 1 N–H and O–H groups in total. The molecular weight excluding hydrogens is 166 g/mol. The van der Waals surface area contributed by atoms with Crippen molar-refractivity contribution in [3.63, 3.8) is 0 Å². The molecule has 1 rings (SSSR count). The summed E-state index contributed by atoms with van der Waals surface area (Å²) in [5, 5.41) is 17.7. The number of carboxylic acids is 1. The number of carbonyl (C=O) groups is 1. The van der Waals surface area contributed by atoms with Gasteiger partial charge in [-0.1, -0.05) is 19.8 Å². The van der Waals surface area contributed by atoms with Gasteiger partial charge >= 0.3 is 5.97 Å². The van der Waals surface area contributed by atoms with E-state index in [0.717, 1.165) is 32.1 Å². The van der Waals surface area contributed by atoms with Crippen LogP contribution in [0.3, 0.4) is 0 Å². The predicted molar refractivity (Wildman–Crippen MR) is 47.9 cm³/mol. The van der Waals surface area contributed by atoms with Gasteiger partial charge in [0.05, 0.1) is 6.07 Å². The molecule has 0 saturated heterocycles. The smallest absolute Gasteiger partial charge is 0.321 e. The Bertz CT molecular complexity index is 236. The monoisotopic (exact) mass is 181 g/mol. The molecule has 72 valence electrons. The molecule has 1 aliphatic rings. The Morgan fingerprint density at radius 2 is 2.15 bits per heavy atom. The predicted octanol–water partition coefficient (Wildman–Crippen LogP) is 2.18. The van der Waals surface area contributed by atoms with Crippen molar-refractivity contribution in [1.29, 1.82) is 5.26 Å².